The van der Waals surface area contributed by atoms with Gasteiger partial charge in [0.1, 0.15) is 5.56 Å². The number of carbonyl (C=O) groups excluding carboxylic acids is 1. The molecule has 0 atom stereocenters. The van der Waals surface area contributed by atoms with Gasteiger partial charge in [0.2, 0.25) is 0 Å². The standard InChI is InChI=1S/C17H18N2O3/c1-11(18-10-13-7-5-4-6-8-13)14-9-15(17(21)22-3)16(20)19-12(14)2/h4-9H,10H2,1-3H3,(H,19,20). The molecule has 0 aliphatic rings. The zero-order valence-corrected chi connectivity index (χ0v) is 12.8. The van der Waals surface area contributed by atoms with Crippen LogP contribution in [0.4, 0.5) is 0 Å². The van der Waals surface area contributed by atoms with E-state index < -0.39 is 11.5 Å². The van der Waals surface area contributed by atoms with Gasteiger partial charge in [-0.25, -0.2) is 4.79 Å². The summed E-state index contributed by atoms with van der Waals surface area (Å²) in [6.07, 6.45) is 0. The topological polar surface area (TPSA) is 71.5 Å². The fraction of sp³-hybridized carbons (Fsp3) is 0.235. The van der Waals surface area contributed by atoms with Crippen LogP contribution in [0.2, 0.25) is 0 Å². The minimum atomic E-state index is -0.654. The average molecular weight is 298 g/mol. The van der Waals surface area contributed by atoms with Crippen LogP contribution < -0.4 is 5.56 Å². The number of nitrogens with one attached hydrogen (secondary N) is 1. The molecular weight excluding hydrogens is 280 g/mol. The number of rotatable bonds is 4. The van der Waals surface area contributed by atoms with E-state index in [2.05, 4.69) is 14.7 Å². The molecule has 5 heteroatoms. The molecule has 0 saturated carbocycles. The summed E-state index contributed by atoms with van der Waals surface area (Å²) in [6.45, 7) is 4.17. The Bertz CT molecular complexity index is 761. The van der Waals surface area contributed by atoms with E-state index in [0.717, 1.165) is 16.8 Å². The van der Waals surface area contributed by atoms with Crippen LogP contribution >= 0.6 is 0 Å². The molecule has 2 aromatic rings. The number of nitrogens with zero attached hydrogens (tertiary/aromatic N) is 1. The predicted octanol–water partition coefficient (Wildman–Crippen LogP) is 2.48. The summed E-state index contributed by atoms with van der Waals surface area (Å²) in [5.74, 6) is -0.654. The monoisotopic (exact) mass is 298 g/mol. The number of esters is 1. The lowest BCUT2D eigenvalue weighted by atomic mass is 10.1. The molecular formula is C17H18N2O3. The van der Waals surface area contributed by atoms with Crippen molar-refractivity contribution in [1.82, 2.24) is 4.98 Å². The van der Waals surface area contributed by atoms with E-state index in [9.17, 15) is 9.59 Å². The largest absolute Gasteiger partial charge is 0.465 e. The fourth-order valence-electron chi connectivity index (χ4n) is 2.14. The molecule has 0 fully saturated rings. The van der Waals surface area contributed by atoms with Crippen LogP contribution in [0.1, 0.15) is 34.1 Å². The SMILES string of the molecule is COC(=O)c1cc(C(C)=NCc2ccccc2)c(C)[nH]c1=O. The minimum Gasteiger partial charge on any atom is -0.465 e. The molecule has 0 unspecified atom stereocenters. The van der Waals surface area contributed by atoms with E-state index in [1.165, 1.54) is 13.2 Å². The molecule has 2 rings (SSSR count). The van der Waals surface area contributed by atoms with E-state index in [1.54, 1.807) is 6.92 Å². The first-order valence-electron chi connectivity index (χ1n) is 6.90. The van der Waals surface area contributed by atoms with Crippen molar-refractivity contribution in [1.29, 1.82) is 0 Å². The van der Waals surface area contributed by atoms with Gasteiger partial charge < -0.3 is 9.72 Å². The maximum absolute atomic E-state index is 11.8. The fourth-order valence-corrected chi connectivity index (χ4v) is 2.14. The highest BCUT2D eigenvalue weighted by atomic mass is 16.5. The van der Waals surface area contributed by atoms with E-state index in [1.807, 2.05) is 37.3 Å². The first-order chi connectivity index (χ1) is 10.5. The molecule has 1 heterocycles. The number of aryl methyl sites for hydroxylation is 1. The Hall–Kier alpha value is -2.69. The second-order valence-electron chi connectivity index (χ2n) is 4.93. The lowest BCUT2D eigenvalue weighted by Crippen LogP contribution is -2.21. The lowest BCUT2D eigenvalue weighted by molar-refractivity contribution is 0.0598. The quantitative estimate of drug-likeness (QED) is 0.696. The second-order valence-corrected chi connectivity index (χ2v) is 4.93. The van der Waals surface area contributed by atoms with Crippen molar-refractivity contribution in [3.8, 4) is 0 Å². The molecule has 0 amide bonds. The van der Waals surface area contributed by atoms with Gasteiger partial charge in [0.25, 0.3) is 5.56 Å². The van der Waals surface area contributed by atoms with E-state index in [4.69, 9.17) is 0 Å². The van der Waals surface area contributed by atoms with Gasteiger partial charge in [0.15, 0.2) is 0 Å². The van der Waals surface area contributed by atoms with Crippen LogP contribution in [0.25, 0.3) is 0 Å². The maximum Gasteiger partial charge on any atom is 0.343 e. The number of benzene rings is 1. The number of aromatic amines is 1. The van der Waals surface area contributed by atoms with Crippen LogP contribution in [0, 0.1) is 6.92 Å². The molecule has 0 radical (unpaired) electrons. The molecule has 22 heavy (non-hydrogen) atoms. The molecule has 0 saturated heterocycles. The zero-order valence-electron chi connectivity index (χ0n) is 12.8. The number of H-pyrrole nitrogens is 1. The van der Waals surface area contributed by atoms with Crippen molar-refractivity contribution in [3.63, 3.8) is 0 Å². The molecule has 1 aromatic heterocycles. The van der Waals surface area contributed by atoms with Gasteiger partial charge in [-0.05, 0) is 25.5 Å². The first kappa shape index (κ1) is 15.7. The van der Waals surface area contributed by atoms with Crippen molar-refractivity contribution < 1.29 is 9.53 Å². The summed E-state index contributed by atoms with van der Waals surface area (Å²) in [4.78, 5) is 30.6. The van der Waals surface area contributed by atoms with Crippen LogP contribution in [-0.4, -0.2) is 23.8 Å². The van der Waals surface area contributed by atoms with Crippen molar-refractivity contribution >= 4 is 11.7 Å². The van der Waals surface area contributed by atoms with Crippen LogP contribution in [0.3, 0.4) is 0 Å². The number of aliphatic imine (C=N–C) groups is 1. The van der Waals surface area contributed by atoms with Gasteiger partial charge in [0.05, 0.1) is 13.7 Å². The van der Waals surface area contributed by atoms with Crippen molar-refractivity contribution in [2.24, 2.45) is 4.99 Å². The summed E-state index contributed by atoms with van der Waals surface area (Å²) in [7, 11) is 1.25. The maximum atomic E-state index is 11.8. The predicted molar refractivity (Wildman–Crippen MR) is 85.5 cm³/mol. The molecule has 114 valence electrons. The number of carbonyl (C=O) groups is 1. The van der Waals surface area contributed by atoms with E-state index >= 15 is 0 Å². The molecule has 5 nitrogen and oxygen atoms in total. The normalized spacial score (nSPS) is 11.3. The summed E-state index contributed by atoms with van der Waals surface area (Å²) < 4.78 is 4.62. The summed E-state index contributed by atoms with van der Waals surface area (Å²) in [5, 5.41) is 0. The highest BCUT2D eigenvalue weighted by Gasteiger charge is 2.14. The van der Waals surface area contributed by atoms with Crippen molar-refractivity contribution in [2.75, 3.05) is 7.11 Å². The Morgan fingerprint density at radius 3 is 2.55 bits per heavy atom. The number of ether oxygens (including phenoxy) is 1. The Morgan fingerprint density at radius 2 is 1.91 bits per heavy atom. The number of methoxy groups -OCH3 is 1. The number of pyridine rings is 1. The Kier molecular flexibility index (Phi) is 4.88. The Morgan fingerprint density at radius 1 is 1.23 bits per heavy atom. The van der Waals surface area contributed by atoms with Gasteiger partial charge >= 0.3 is 5.97 Å². The van der Waals surface area contributed by atoms with Crippen LogP contribution in [-0.2, 0) is 11.3 Å². The highest BCUT2D eigenvalue weighted by Crippen LogP contribution is 2.09. The van der Waals surface area contributed by atoms with Gasteiger partial charge in [-0.15, -0.1) is 0 Å². The molecule has 0 aliphatic heterocycles. The van der Waals surface area contributed by atoms with Crippen molar-refractivity contribution in [3.05, 3.63) is 69.1 Å². The summed E-state index contributed by atoms with van der Waals surface area (Å²) in [5.41, 5.74) is 2.78. The third-order valence-corrected chi connectivity index (χ3v) is 3.38. The highest BCUT2D eigenvalue weighted by molar-refractivity contribution is 6.01. The van der Waals surface area contributed by atoms with Gasteiger partial charge in [-0.1, -0.05) is 30.3 Å². The summed E-state index contributed by atoms with van der Waals surface area (Å²) in [6, 6.07) is 11.4. The molecule has 0 bridgehead atoms. The third-order valence-electron chi connectivity index (χ3n) is 3.38. The zero-order chi connectivity index (χ0) is 16.1. The number of hydrogen-bond acceptors (Lipinski definition) is 4. The second kappa shape index (κ2) is 6.85. The van der Waals surface area contributed by atoms with Gasteiger partial charge in [-0.2, -0.15) is 0 Å². The minimum absolute atomic E-state index is 0.0163. The Balaban J connectivity index is 2.35. The number of aromatic nitrogens is 1. The van der Waals surface area contributed by atoms with Gasteiger partial charge in [-0.3, -0.25) is 9.79 Å². The summed E-state index contributed by atoms with van der Waals surface area (Å²) >= 11 is 0. The lowest BCUT2D eigenvalue weighted by Gasteiger charge is -2.08. The first-order valence-corrected chi connectivity index (χ1v) is 6.90. The van der Waals surface area contributed by atoms with Crippen LogP contribution in [0.15, 0.2) is 46.2 Å². The third kappa shape index (κ3) is 3.49. The molecule has 0 spiro atoms. The molecule has 1 N–H and O–H groups in total. The Labute approximate surface area is 128 Å². The molecule has 1 aromatic carbocycles. The smallest absolute Gasteiger partial charge is 0.343 e. The van der Waals surface area contributed by atoms with Gasteiger partial charge in [0, 0.05) is 17.0 Å². The average Bonchev–Trinajstić information content (AvgIpc) is 2.53. The molecule has 0 aliphatic carbocycles. The van der Waals surface area contributed by atoms with Crippen LogP contribution in [0.5, 0.6) is 0 Å². The number of hydrogen-bond donors (Lipinski definition) is 1. The van der Waals surface area contributed by atoms with E-state index in [-0.39, 0.29) is 5.56 Å². The van der Waals surface area contributed by atoms with E-state index in [0.29, 0.717) is 12.2 Å². The van der Waals surface area contributed by atoms with Crippen molar-refractivity contribution in [2.45, 2.75) is 20.4 Å².